The fourth-order valence-electron chi connectivity index (χ4n) is 2.72. The van der Waals surface area contributed by atoms with Crippen LogP contribution < -0.4 is 5.32 Å². The van der Waals surface area contributed by atoms with Gasteiger partial charge in [0.2, 0.25) is 0 Å². The van der Waals surface area contributed by atoms with Gasteiger partial charge in [0.1, 0.15) is 5.82 Å². The maximum absolute atomic E-state index is 12.5. The minimum atomic E-state index is -0.215. The van der Waals surface area contributed by atoms with Gasteiger partial charge in [-0.15, -0.1) is 0 Å². The highest BCUT2D eigenvalue weighted by Crippen LogP contribution is 2.16. The average molecular weight is 331 g/mol. The number of amides is 1. The van der Waals surface area contributed by atoms with Gasteiger partial charge in [0.05, 0.1) is 23.4 Å². The number of fused-ring (bicyclic) bond motifs is 1. The number of carbonyl (C=O) groups excluding carboxylic acids is 1. The van der Waals surface area contributed by atoms with Crippen molar-refractivity contribution in [3.05, 3.63) is 78.6 Å². The zero-order valence-electron chi connectivity index (χ0n) is 13.7. The maximum atomic E-state index is 12.5. The number of para-hydroxylation sites is 2. The third-order valence-corrected chi connectivity index (χ3v) is 4.10. The van der Waals surface area contributed by atoms with E-state index >= 15 is 0 Å². The first-order chi connectivity index (χ1) is 12.2. The van der Waals surface area contributed by atoms with Crippen molar-refractivity contribution in [3.8, 4) is 5.69 Å². The van der Waals surface area contributed by atoms with Crippen molar-refractivity contribution in [2.45, 2.75) is 13.0 Å². The summed E-state index contributed by atoms with van der Waals surface area (Å²) in [6.45, 7) is 1.91. The van der Waals surface area contributed by atoms with Crippen molar-refractivity contribution in [3.63, 3.8) is 0 Å². The molecular weight excluding hydrogens is 314 g/mol. The number of rotatable bonds is 4. The largest absolute Gasteiger partial charge is 0.342 e. The Labute approximate surface area is 144 Å². The molecule has 25 heavy (non-hydrogen) atoms. The molecule has 0 fully saturated rings. The Kier molecular flexibility index (Phi) is 3.78. The number of nitrogens with one attached hydrogen (secondary N) is 2. The smallest absolute Gasteiger partial charge is 0.251 e. The van der Waals surface area contributed by atoms with Gasteiger partial charge in [-0.3, -0.25) is 4.79 Å². The maximum Gasteiger partial charge on any atom is 0.251 e. The number of hydrogen-bond acceptors (Lipinski definition) is 3. The highest BCUT2D eigenvalue weighted by atomic mass is 16.1. The average Bonchev–Trinajstić information content (AvgIpc) is 3.31. The van der Waals surface area contributed by atoms with Crippen LogP contribution in [0.4, 0.5) is 0 Å². The molecule has 4 aromatic rings. The fourth-order valence-corrected chi connectivity index (χ4v) is 2.72. The van der Waals surface area contributed by atoms with E-state index in [1.165, 1.54) is 0 Å². The summed E-state index contributed by atoms with van der Waals surface area (Å²) in [5.41, 5.74) is 3.41. The predicted octanol–water partition coefficient (Wildman–Crippen LogP) is 3.24. The standard InChI is InChI=1S/C19H17N5O/c1-13(18-22-16-4-2-3-5-17(16)23-18)21-19(25)14-6-8-15(9-7-14)24-11-10-20-12-24/h2-13H,1H3,(H,21,25)(H,22,23). The van der Waals surface area contributed by atoms with Crippen molar-refractivity contribution in [2.75, 3.05) is 0 Å². The Morgan fingerprint density at radius 3 is 2.68 bits per heavy atom. The van der Waals surface area contributed by atoms with E-state index in [0.717, 1.165) is 22.5 Å². The van der Waals surface area contributed by atoms with E-state index < -0.39 is 0 Å². The molecule has 6 nitrogen and oxygen atoms in total. The first-order valence-electron chi connectivity index (χ1n) is 8.04. The monoisotopic (exact) mass is 331 g/mol. The Bertz CT molecular complexity index is 969. The van der Waals surface area contributed by atoms with E-state index in [1.54, 1.807) is 24.7 Å². The van der Waals surface area contributed by atoms with Crippen molar-refractivity contribution >= 4 is 16.9 Å². The number of aromatic nitrogens is 4. The number of H-pyrrole nitrogens is 1. The molecule has 0 saturated heterocycles. The van der Waals surface area contributed by atoms with Crippen molar-refractivity contribution in [1.82, 2.24) is 24.8 Å². The topological polar surface area (TPSA) is 75.6 Å². The Morgan fingerprint density at radius 1 is 1.16 bits per heavy atom. The molecule has 6 heteroatoms. The SMILES string of the molecule is CC(NC(=O)c1ccc(-n2ccnc2)cc1)c1nc2ccccc2[nH]1. The molecule has 2 aromatic heterocycles. The van der Waals surface area contributed by atoms with Crippen LogP contribution in [0.5, 0.6) is 0 Å². The quantitative estimate of drug-likeness (QED) is 0.603. The molecule has 1 amide bonds. The van der Waals surface area contributed by atoms with Crippen LogP contribution in [0, 0.1) is 0 Å². The Balaban J connectivity index is 1.49. The summed E-state index contributed by atoms with van der Waals surface area (Å²) in [5, 5.41) is 2.98. The summed E-state index contributed by atoms with van der Waals surface area (Å²) in [6, 6.07) is 15.0. The second kappa shape index (κ2) is 6.24. The molecule has 0 bridgehead atoms. The summed E-state index contributed by atoms with van der Waals surface area (Å²) in [5.74, 6) is 0.606. The highest BCUT2D eigenvalue weighted by molar-refractivity contribution is 5.94. The molecule has 0 saturated carbocycles. The lowest BCUT2D eigenvalue weighted by Crippen LogP contribution is -2.27. The highest BCUT2D eigenvalue weighted by Gasteiger charge is 2.14. The second-order valence-electron chi connectivity index (χ2n) is 5.85. The van der Waals surface area contributed by atoms with Crippen LogP contribution in [0.15, 0.2) is 67.3 Å². The van der Waals surface area contributed by atoms with Crippen LogP contribution in [0.3, 0.4) is 0 Å². The molecule has 1 atom stereocenters. The number of nitrogens with zero attached hydrogens (tertiary/aromatic N) is 3. The van der Waals surface area contributed by atoms with E-state index in [0.29, 0.717) is 5.56 Å². The fraction of sp³-hybridized carbons (Fsp3) is 0.105. The van der Waals surface area contributed by atoms with E-state index in [1.807, 2.05) is 54.1 Å². The summed E-state index contributed by atoms with van der Waals surface area (Å²) in [4.78, 5) is 24.3. The van der Waals surface area contributed by atoms with E-state index in [2.05, 4.69) is 20.3 Å². The summed E-state index contributed by atoms with van der Waals surface area (Å²) >= 11 is 0. The van der Waals surface area contributed by atoms with Gasteiger partial charge in [0, 0.05) is 23.6 Å². The lowest BCUT2D eigenvalue weighted by atomic mass is 10.2. The van der Waals surface area contributed by atoms with Gasteiger partial charge < -0.3 is 14.9 Å². The molecule has 0 spiro atoms. The molecule has 2 aromatic carbocycles. The Morgan fingerprint density at radius 2 is 1.96 bits per heavy atom. The minimum Gasteiger partial charge on any atom is -0.342 e. The molecule has 2 heterocycles. The van der Waals surface area contributed by atoms with Crippen molar-refractivity contribution < 1.29 is 4.79 Å². The summed E-state index contributed by atoms with van der Waals surface area (Å²) in [7, 11) is 0. The van der Waals surface area contributed by atoms with Gasteiger partial charge >= 0.3 is 0 Å². The van der Waals surface area contributed by atoms with Gasteiger partial charge in [0.15, 0.2) is 0 Å². The molecule has 2 N–H and O–H groups in total. The molecule has 4 rings (SSSR count). The molecule has 0 aliphatic carbocycles. The number of imidazole rings is 2. The molecule has 0 radical (unpaired) electrons. The van der Waals surface area contributed by atoms with Gasteiger partial charge in [0.25, 0.3) is 5.91 Å². The lowest BCUT2D eigenvalue weighted by Gasteiger charge is -2.12. The van der Waals surface area contributed by atoms with Gasteiger partial charge in [-0.1, -0.05) is 12.1 Å². The van der Waals surface area contributed by atoms with Crippen LogP contribution >= 0.6 is 0 Å². The van der Waals surface area contributed by atoms with Crippen LogP contribution in [-0.2, 0) is 0 Å². The molecule has 0 aliphatic rings. The second-order valence-corrected chi connectivity index (χ2v) is 5.85. The third-order valence-electron chi connectivity index (χ3n) is 4.10. The number of hydrogen-bond donors (Lipinski definition) is 2. The lowest BCUT2D eigenvalue weighted by molar-refractivity contribution is 0.0938. The number of aromatic amines is 1. The molecule has 1 unspecified atom stereocenters. The van der Waals surface area contributed by atoms with Crippen LogP contribution in [-0.4, -0.2) is 25.4 Å². The van der Waals surface area contributed by atoms with Gasteiger partial charge in [-0.05, 0) is 43.3 Å². The minimum absolute atomic E-state index is 0.134. The zero-order valence-corrected chi connectivity index (χ0v) is 13.7. The first-order valence-corrected chi connectivity index (χ1v) is 8.04. The van der Waals surface area contributed by atoms with E-state index in [-0.39, 0.29) is 11.9 Å². The van der Waals surface area contributed by atoms with Gasteiger partial charge in [-0.2, -0.15) is 0 Å². The molecule has 0 aliphatic heterocycles. The van der Waals surface area contributed by atoms with Crippen molar-refractivity contribution in [1.29, 1.82) is 0 Å². The first kappa shape index (κ1) is 15.1. The van der Waals surface area contributed by atoms with E-state index in [9.17, 15) is 4.79 Å². The van der Waals surface area contributed by atoms with Crippen LogP contribution in [0.1, 0.15) is 29.1 Å². The van der Waals surface area contributed by atoms with Crippen LogP contribution in [0.25, 0.3) is 16.7 Å². The Hall–Kier alpha value is -3.41. The van der Waals surface area contributed by atoms with Crippen molar-refractivity contribution in [2.24, 2.45) is 0 Å². The third kappa shape index (κ3) is 3.01. The summed E-state index contributed by atoms with van der Waals surface area (Å²) < 4.78 is 1.89. The summed E-state index contributed by atoms with van der Waals surface area (Å²) in [6.07, 6.45) is 5.30. The molecule has 124 valence electrons. The zero-order chi connectivity index (χ0) is 17.2. The predicted molar refractivity (Wildman–Crippen MR) is 95.5 cm³/mol. The number of carbonyl (C=O) groups is 1. The normalized spacial score (nSPS) is 12.2. The number of benzene rings is 2. The van der Waals surface area contributed by atoms with E-state index in [4.69, 9.17) is 0 Å². The van der Waals surface area contributed by atoms with Crippen LogP contribution in [0.2, 0.25) is 0 Å². The van der Waals surface area contributed by atoms with Gasteiger partial charge in [-0.25, -0.2) is 9.97 Å². The molecular formula is C19H17N5O.